The number of nitro benzene ring substituents is 2. The predicted octanol–water partition coefficient (Wildman–Crippen LogP) is 5.38. The molecule has 0 saturated carbocycles. The third kappa shape index (κ3) is 8.83. The van der Waals surface area contributed by atoms with Crippen molar-refractivity contribution < 1.29 is 38.4 Å². The highest BCUT2D eigenvalue weighted by Gasteiger charge is 2.28. The van der Waals surface area contributed by atoms with Crippen LogP contribution in [0.1, 0.15) is 40.1 Å². The van der Waals surface area contributed by atoms with E-state index in [1.54, 1.807) is 19.2 Å². The van der Waals surface area contributed by atoms with Gasteiger partial charge in [-0.1, -0.05) is 26.0 Å². The Hall–Kier alpha value is -4.84. The fraction of sp³-hybridized carbons (Fsp3) is 0.310. The number of ether oxygens (including phenoxy) is 4. The number of rotatable bonds is 14. The average Bonchev–Trinajstić information content (AvgIpc) is 2.99. The molecule has 0 N–H and O–H groups in total. The molecule has 0 heterocycles. The van der Waals surface area contributed by atoms with E-state index in [1.165, 1.54) is 48.5 Å². The molecule has 0 radical (unpaired) electrons. The molecule has 2 atom stereocenters. The van der Waals surface area contributed by atoms with Gasteiger partial charge in [-0.2, -0.15) is 0 Å². The molecule has 0 unspecified atom stereocenters. The number of methoxy groups -OCH3 is 1. The van der Waals surface area contributed by atoms with E-state index in [0.29, 0.717) is 5.75 Å². The number of nitrogens with zero attached hydrogens (tertiary/aromatic N) is 2. The minimum Gasteiger partial charge on any atom is -0.497 e. The summed E-state index contributed by atoms with van der Waals surface area (Å²) in [7, 11) is 1.57. The third-order valence-electron chi connectivity index (χ3n) is 6.31. The first-order valence-corrected chi connectivity index (χ1v) is 12.7. The summed E-state index contributed by atoms with van der Waals surface area (Å²) in [6.07, 6.45) is -0.508. The topological polar surface area (TPSA) is 157 Å². The van der Waals surface area contributed by atoms with Gasteiger partial charge in [0.1, 0.15) is 5.75 Å². The monoisotopic (exact) mass is 566 g/mol. The maximum absolute atomic E-state index is 12.5. The Bertz CT molecular complexity index is 1260. The van der Waals surface area contributed by atoms with Crippen LogP contribution >= 0.6 is 0 Å². The fourth-order valence-electron chi connectivity index (χ4n) is 4.01. The van der Waals surface area contributed by atoms with Crippen molar-refractivity contribution >= 4 is 23.3 Å². The highest BCUT2D eigenvalue weighted by molar-refractivity contribution is 5.90. The minimum atomic E-state index is -0.641. The summed E-state index contributed by atoms with van der Waals surface area (Å²) in [5.74, 6) is -1.24. The van der Waals surface area contributed by atoms with E-state index in [1.807, 2.05) is 26.0 Å². The number of esters is 2. The van der Waals surface area contributed by atoms with E-state index in [4.69, 9.17) is 18.9 Å². The van der Waals surface area contributed by atoms with Crippen molar-refractivity contribution in [3.63, 3.8) is 0 Å². The molecule has 3 aromatic rings. The summed E-state index contributed by atoms with van der Waals surface area (Å²) in [4.78, 5) is 45.7. The van der Waals surface area contributed by atoms with Gasteiger partial charge < -0.3 is 18.9 Å². The molecule has 0 spiro atoms. The molecule has 41 heavy (non-hydrogen) atoms. The molecule has 0 saturated heterocycles. The quantitative estimate of drug-likeness (QED) is 0.141. The molecule has 3 rings (SSSR count). The zero-order chi connectivity index (χ0) is 29.9. The summed E-state index contributed by atoms with van der Waals surface area (Å²) in [6.45, 7) is 3.84. The zero-order valence-corrected chi connectivity index (χ0v) is 22.8. The van der Waals surface area contributed by atoms with Gasteiger partial charge in [0, 0.05) is 36.1 Å². The molecule has 0 aliphatic carbocycles. The number of hydrogen-bond donors (Lipinski definition) is 0. The molecular weight excluding hydrogens is 536 g/mol. The second kappa shape index (κ2) is 14.5. The standard InChI is InChI=1S/C29H30N2O10/c1-19(16-40-28(32)22-6-10-24(11-7-22)30(34)35)27(39-18-21-4-14-26(38-3)15-5-21)20(2)17-41-29(33)23-8-12-25(13-9-23)31(36)37/h4-15,19-20,27H,16-18H2,1-3H3/t19-,20-/m0/s1. The summed E-state index contributed by atoms with van der Waals surface area (Å²) in [5, 5.41) is 21.7. The van der Waals surface area contributed by atoms with Gasteiger partial charge in [0.25, 0.3) is 11.4 Å². The van der Waals surface area contributed by atoms with E-state index in [9.17, 15) is 29.8 Å². The molecule has 0 aliphatic heterocycles. The largest absolute Gasteiger partial charge is 0.497 e. The lowest BCUT2D eigenvalue weighted by atomic mass is 9.94. The maximum atomic E-state index is 12.5. The lowest BCUT2D eigenvalue weighted by Gasteiger charge is -2.29. The Morgan fingerprint density at radius 2 is 1.12 bits per heavy atom. The Morgan fingerprint density at radius 3 is 1.49 bits per heavy atom. The van der Waals surface area contributed by atoms with Crippen molar-refractivity contribution in [1.29, 1.82) is 0 Å². The van der Waals surface area contributed by atoms with Gasteiger partial charge >= 0.3 is 11.9 Å². The highest BCUT2D eigenvalue weighted by atomic mass is 16.6. The fourth-order valence-corrected chi connectivity index (χ4v) is 4.01. The average molecular weight is 567 g/mol. The molecule has 0 fully saturated rings. The third-order valence-corrected chi connectivity index (χ3v) is 6.31. The van der Waals surface area contributed by atoms with Gasteiger partial charge in [-0.05, 0) is 42.0 Å². The van der Waals surface area contributed by atoms with Crippen LogP contribution in [-0.4, -0.2) is 48.2 Å². The van der Waals surface area contributed by atoms with Crippen LogP contribution < -0.4 is 4.74 Å². The number of benzene rings is 3. The molecule has 12 heteroatoms. The smallest absolute Gasteiger partial charge is 0.338 e. The molecule has 216 valence electrons. The Balaban J connectivity index is 1.65. The van der Waals surface area contributed by atoms with E-state index < -0.39 is 27.9 Å². The summed E-state index contributed by atoms with van der Waals surface area (Å²) in [5.41, 5.74) is 0.936. The highest BCUT2D eigenvalue weighted by Crippen LogP contribution is 2.23. The van der Waals surface area contributed by atoms with Crippen molar-refractivity contribution in [2.75, 3.05) is 20.3 Å². The Labute approximate surface area is 236 Å². The van der Waals surface area contributed by atoms with Crippen molar-refractivity contribution in [3.8, 4) is 5.75 Å². The van der Waals surface area contributed by atoms with E-state index in [0.717, 1.165) is 5.56 Å². The summed E-state index contributed by atoms with van der Waals surface area (Å²) in [6, 6.07) is 17.5. The van der Waals surface area contributed by atoms with Gasteiger partial charge in [0.15, 0.2) is 0 Å². The lowest BCUT2D eigenvalue weighted by molar-refractivity contribution is -0.385. The van der Waals surface area contributed by atoms with E-state index in [2.05, 4.69) is 0 Å². The van der Waals surface area contributed by atoms with Crippen LogP contribution in [-0.2, 0) is 20.8 Å². The molecule has 0 bridgehead atoms. The maximum Gasteiger partial charge on any atom is 0.338 e. The second-order valence-corrected chi connectivity index (χ2v) is 9.38. The van der Waals surface area contributed by atoms with Crippen LogP contribution in [0.3, 0.4) is 0 Å². The van der Waals surface area contributed by atoms with Gasteiger partial charge in [-0.25, -0.2) is 9.59 Å². The molecule has 0 amide bonds. The number of carbonyl (C=O) groups excluding carboxylic acids is 2. The molecular formula is C29H30N2O10. The molecule has 12 nitrogen and oxygen atoms in total. The molecule has 3 aromatic carbocycles. The first kappa shape index (κ1) is 30.7. The van der Waals surface area contributed by atoms with Crippen LogP contribution in [0.4, 0.5) is 11.4 Å². The van der Waals surface area contributed by atoms with Crippen molar-refractivity contribution in [2.24, 2.45) is 11.8 Å². The van der Waals surface area contributed by atoms with Gasteiger partial charge in [-0.15, -0.1) is 0 Å². The summed E-state index contributed by atoms with van der Waals surface area (Å²) < 4.78 is 22.3. The Kier molecular flexibility index (Phi) is 10.9. The van der Waals surface area contributed by atoms with Gasteiger partial charge in [-0.3, -0.25) is 20.2 Å². The summed E-state index contributed by atoms with van der Waals surface area (Å²) >= 11 is 0. The van der Waals surface area contributed by atoms with Crippen LogP contribution in [0.2, 0.25) is 0 Å². The first-order valence-electron chi connectivity index (χ1n) is 12.7. The normalized spacial score (nSPS) is 12.3. The van der Waals surface area contributed by atoms with Crippen molar-refractivity contribution in [3.05, 3.63) is 110 Å². The van der Waals surface area contributed by atoms with Gasteiger partial charge in [0.2, 0.25) is 0 Å². The van der Waals surface area contributed by atoms with E-state index in [-0.39, 0.29) is 54.2 Å². The van der Waals surface area contributed by atoms with E-state index >= 15 is 0 Å². The number of hydrogen-bond acceptors (Lipinski definition) is 10. The SMILES string of the molecule is COc1ccc(COC([C@@H](C)COC(=O)c2ccc([N+](=O)[O-])cc2)[C@@H](C)COC(=O)c2ccc([N+](=O)[O-])cc2)cc1. The zero-order valence-electron chi connectivity index (χ0n) is 22.8. The van der Waals surface area contributed by atoms with Crippen LogP contribution in [0.15, 0.2) is 72.8 Å². The number of nitro groups is 2. The number of carbonyl (C=O) groups is 2. The van der Waals surface area contributed by atoms with Gasteiger partial charge in [0.05, 0.1) is 54.0 Å². The lowest BCUT2D eigenvalue weighted by Crippen LogP contribution is -2.35. The Morgan fingerprint density at radius 1 is 0.707 bits per heavy atom. The van der Waals surface area contributed by atoms with Crippen LogP contribution in [0.5, 0.6) is 5.75 Å². The minimum absolute atomic E-state index is 0.0241. The van der Waals surface area contributed by atoms with Crippen molar-refractivity contribution in [1.82, 2.24) is 0 Å². The molecule has 0 aromatic heterocycles. The second-order valence-electron chi connectivity index (χ2n) is 9.38. The van der Waals surface area contributed by atoms with Crippen LogP contribution in [0, 0.1) is 32.1 Å². The van der Waals surface area contributed by atoms with Crippen molar-refractivity contribution in [2.45, 2.75) is 26.6 Å². The first-order chi connectivity index (χ1) is 19.6. The molecule has 0 aliphatic rings. The van der Waals surface area contributed by atoms with Crippen LogP contribution in [0.25, 0.3) is 0 Å². The number of non-ortho nitro benzene ring substituents is 2. The predicted molar refractivity (Wildman–Crippen MR) is 147 cm³/mol.